The first-order valence-corrected chi connectivity index (χ1v) is 18.5. The molecule has 0 spiro atoms. The molecule has 3 aromatic carbocycles. The van der Waals surface area contributed by atoms with Crippen LogP contribution in [0.5, 0.6) is 28.7 Å². The summed E-state index contributed by atoms with van der Waals surface area (Å²) in [6.07, 6.45) is 0.939. The Morgan fingerprint density at radius 3 is 2.76 bits per heavy atom. The normalized spacial score (nSPS) is 28.1. The minimum atomic E-state index is -0.371. The molecule has 2 saturated heterocycles. The fraction of sp³-hybridized carbons (Fsp3) is 0.447. The van der Waals surface area contributed by atoms with Crippen LogP contribution in [0.2, 0.25) is 0 Å². The minimum absolute atomic E-state index is 0.0801. The van der Waals surface area contributed by atoms with Crippen molar-refractivity contribution in [2.24, 2.45) is 0 Å². The van der Waals surface area contributed by atoms with Crippen LogP contribution in [0.4, 0.5) is 5.69 Å². The third-order valence-electron chi connectivity index (χ3n) is 12.0. The molecule has 0 aliphatic carbocycles. The lowest BCUT2D eigenvalue weighted by Crippen LogP contribution is -2.61. The van der Waals surface area contributed by atoms with Crippen molar-refractivity contribution in [3.8, 4) is 28.7 Å². The molecular formula is C38H44N5O6S+. The van der Waals surface area contributed by atoms with E-state index in [0.717, 1.165) is 87.6 Å². The number of thioether (sulfide) groups is 1. The number of aromatic nitrogens is 1. The number of nitrogens with two attached hydrogens (primary N) is 1. The number of likely N-dealkylation sites (N-methyl/N-ethyl adjacent to an activating group) is 1. The number of H-pyrrole nitrogens is 1. The number of aryl methyl sites for hydroxylation is 1. The summed E-state index contributed by atoms with van der Waals surface area (Å²) in [7, 11) is 4.00. The third-order valence-corrected chi connectivity index (χ3v) is 13.3. The highest BCUT2D eigenvalue weighted by molar-refractivity contribution is 7.99. The minimum Gasteiger partial charge on any atom is -0.504 e. The average Bonchev–Trinajstić information content (AvgIpc) is 3.73. The van der Waals surface area contributed by atoms with Gasteiger partial charge in [0, 0.05) is 71.3 Å². The highest BCUT2D eigenvalue weighted by Crippen LogP contribution is 2.62. The molecule has 6 atom stereocenters. The van der Waals surface area contributed by atoms with Crippen LogP contribution in [0.3, 0.4) is 0 Å². The van der Waals surface area contributed by atoms with E-state index in [4.69, 9.17) is 24.7 Å². The molecule has 12 heteroatoms. The molecular weight excluding hydrogens is 655 g/mol. The van der Waals surface area contributed by atoms with Gasteiger partial charge < -0.3 is 44.6 Å². The number of piperazine rings is 1. The zero-order valence-corrected chi connectivity index (χ0v) is 29.9. The zero-order chi connectivity index (χ0) is 34.6. The van der Waals surface area contributed by atoms with Gasteiger partial charge in [-0.1, -0.05) is 12.1 Å². The molecule has 7 heterocycles. The lowest BCUT2D eigenvalue weighted by molar-refractivity contribution is -0.941. The lowest BCUT2D eigenvalue weighted by Gasteiger charge is -2.54. The number of methoxy groups -OCH3 is 1. The second-order valence-corrected chi connectivity index (χ2v) is 15.9. The predicted octanol–water partition coefficient (Wildman–Crippen LogP) is 5.34. The Hall–Kier alpha value is -4.10. The molecule has 6 aliphatic rings. The molecule has 0 saturated carbocycles. The summed E-state index contributed by atoms with van der Waals surface area (Å²) in [4.78, 5) is 19.3. The number of nitrogens with zero attached hydrogens (tertiary/aromatic N) is 2. The predicted molar refractivity (Wildman–Crippen MR) is 192 cm³/mol. The third kappa shape index (κ3) is 4.51. The number of fused-ring (bicyclic) bond motifs is 5. The topological polar surface area (TPSA) is 131 Å². The summed E-state index contributed by atoms with van der Waals surface area (Å²) >= 11 is 1.91. The number of benzene rings is 3. The van der Waals surface area contributed by atoms with Gasteiger partial charge in [0.05, 0.1) is 56.0 Å². The summed E-state index contributed by atoms with van der Waals surface area (Å²) in [5.41, 5.74) is 15.3. The van der Waals surface area contributed by atoms with Crippen molar-refractivity contribution < 1.29 is 33.3 Å². The van der Waals surface area contributed by atoms with Crippen molar-refractivity contribution in [3.63, 3.8) is 0 Å². The molecule has 4 aromatic rings. The molecule has 2 fully saturated rings. The number of aromatic amines is 1. The summed E-state index contributed by atoms with van der Waals surface area (Å²) in [6, 6.07) is 10.0. The number of phenols is 1. The van der Waals surface area contributed by atoms with Crippen LogP contribution in [0.25, 0.3) is 10.9 Å². The highest BCUT2D eigenvalue weighted by atomic mass is 32.2. The van der Waals surface area contributed by atoms with Crippen LogP contribution < -0.4 is 30.0 Å². The number of ether oxygens (including phenoxy) is 4. The molecule has 6 aliphatic heterocycles. The summed E-state index contributed by atoms with van der Waals surface area (Å²) in [5.74, 6) is 3.10. The molecule has 6 unspecified atom stereocenters. The molecule has 5 N–H and O–H groups in total. The number of phenolic OH excluding ortho intramolecular Hbond substituents is 1. The summed E-state index contributed by atoms with van der Waals surface area (Å²) < 4.78 is 25.2. The smallest absolute Gasteiger partial charge is 0.308 e. The van der Waals surface area contributed by atoms with E-state index < -0.39 is 0 Å². The van der Waals surface area contributed by atoms with Crippen molar-refractivity contribution in [2.75, 3.05) is 58.6 Å². The van der Waals surface area contributed by atoms with Crippen LogP contribution >= 0.6 is 11.8 Å². The van der Waals surface area contributed by atoms with Crippen molar-refractivity contribution in [1.82, 2.24) is 15.2 Å². The number of aromatic hydroxyl groups is 1. The van der Waals surface area contributed by atoms with Crippen LogP contribution in [0.15, 0.2) is 30.3 Å². The summed E-state index contributed by atoms with van der Waals surface area (Å²) in [5, 5.41) is 16.6. The molecule has 0 radical (unpaired) electrons. The first-order valence-electron chi connectivity index (χ1n) is 17.4. The van der Waals surface area contributed by atoms with E-state index in [2.05, 4.69) is 34.4 Å². The SMILES string of the molecule is COc1c(C)ccc(C2NCCN3C4C[N+]5(C)CCc6c([nH]c7ccc(N)cc67)C5CSC(c5c(OC(C)=O)c(C)c6c(c54)OCO6)C23)c1O. The van der Waals surface area contributed by atoms with Gasteiger partial charge in [0.25, 0.3) is 0 Å². The van der Waals surface area contributed by atoms with Gasteiger partial charge in [-0.15, -0.1) is 11.8 Å². The molecule has 10 rings (SSSR count). The van der Waals surface area contributed by atoms with E-state index in [1.807, 2.05) is 43.8 Å². The lowest BCUT2D eigenvalue weighted by atomic mass is 9.78. The fourth-order valence-electron chi connectivity index (χ4n) is 9.67. The Kier molecular flexibility index (Phi) is 7.30. The second kappa shape index (κ2) is 11.5. The number of nitrogen functional groups attached to an aromatic ring is 1. The quantitative estimate of drug-likeness (QED) is 0.0964. The van der Waals surface area contributed by atoms with Crippen LogP contribution in [-0.2, 0) is 11.2 Å². The number of nitrogens with one attached hydrogen (secondary N) is 2. The Morgan fingerprint density at radius 1 is 1.14 bits per heavy atom. The van der Waals surface area contributed by atoms with Crippen molar-refractivity contribution >= 4 is 34.3 Å². The van der Waals surface area contributed by atoms with E-state index in [0.29, 0.717) is 17.2 Å². The van der Waals surface area contributed by atoms with Gasteiger partial charge in [0.2, 0.25) is 6.79 Å². The van der Waals surface area contributed by atoms with Crippen molar-refractivity contribution in [2.45, 2.75) is 56.6 Å². The standard InChI is InChI=1S/C38H43N5O6S/c1-18-6-8-23(33(45)34(18)46-5)31-32-38-29-28(37-36(47-17-48-37)19(2)35(29)49-20(3)44)26(42(32)12-11-40-31)15-43(4)13-10-22-24-14-21(39)7-9-25(24)41-30(22)27(43)16-50-38/h6-9,14,26-27,31-32,38,40-41H,10-13,15-17,39H2,1-5H3/p+1. The van der Waals surface area contributed by atoms with Gasteiger partial charge in [-0.05, 0) is 43.2 Å². The molecule has 262 valence electrons. The number of carbonyl (C=O) groups excluding carboxylic acids is 1. The number of hydrogen-bond acceptors (Lipinski definition) is 10. The summed E-state index contributed by atoms with van der Waals surface area (Å²) in [6.45, 7) is 8.81. The monoisotopic (exact) mass is 698 g/mol. The van der Waals surface area contributed by atoms with Gasteiger partial charge in [0.15, 0.2) is 23.0 Å². The number of hydrogen-bond donors (Lipinski definition) is 4. The molecule has 2 bridgehead atoms. The van der Waals surface area contributed by atoms with Crippen LogP contribution in [0, 0.1) is 13.8 Å². The Bertz CT molecular complexity index is 2080. The van der Waals surface area contributed by atoms with E-state index in [1.165, 1.54) is 23.6 Å². The maximum Gasteiger partial charge on any atom is 0.308 e. The number of rotatable bonds is 3. The van der Waals surface area contributed by atoms with Gasteiger partial charge in [-0.2, -0.15) is 0 Å². The number of anilines is 1. The first kappa shape index (κ1) is 31.9. The Labute approximate surface area is 295 Å². The number of carbonyl (C=O) groups is 1. The van der Waals surface area contributed by atoms with Crippen LogP contribution in [-0.4, -0.2) is 84.4 Å². The van der Waals surface area contributed by atoms with E-state index in [1.54, 1.807) is 7.11 Å². The molecule has 0 amide bonds. The van der Waals surface area contributed by atoms with Gasteiger partial charge >= 0.3 is 5.97 Å². The highest BCUT2D eigenvalue weighted by Gasteiger charge is 2.56. The maximum absolute atomic E-state index is 12.8. The fourth-order valence-corrected chi connectivity index (χ4v) is 11.5. The Balaban J connectivity index is 1.28. The van der Waals surface area contributed by atoms with Crippen molar-refractivity contribution in [3.05, 3.63) is 69.4 Å². The molecule has 1 aromatic heterocycles. The average molecular weight is 699 g/mol. The largest absolute Gasteiger partial charge is 0.504 e. The van der Waals surface area contributed by atoms with E-state index in [-0.39, 0.29) is 47.9 Å². The first-order chi connectivity index (χ1) is 24.1. The number of quaternary nitrogens is 1. The maximum atomic E-state index is 12.8. The van der Waals surface area contributed by atoms with Gasteiger partial charge in [0.1, 0.15) is 11.8 Å². The molecule has 11 nitrogen and oxygen atoms in total. The second-order valence-electron chi connectivity index (χ2n) is 14.7. The van der Waals surface area contributed by atoms with Gasteiger partial charge in [-0.3, -0.25) is 9.69 Å². The van der Waals surface area contributed by atoms with Crippen LogP contribution in [0.1, 0.15) is 69.4 Å². The number of esters is 1. The van der Waals surface area contributed by atoms with Gasteiger partial charge in [-0.25, -0.2) is 0 Å². The molecule has 50 heavy (non-hydrogen) atoms. The van der Waals surface area contributed by atoms with E-state index >= 15 is 0 Å². The Morgan fingerprint density at radius 2 is 1.96 bits per heavy atom. The zero-order valence-electron chi connectivity index (χ0n) is 29.1. The van der Waals surface area contributed by atoms with Crippen molar-refractivity contribution in [1.29, 1.82) is 0 Å². The van der Waals surface area contributed by atoms with E-state index in [9.17, 15) is 9.90 Å².